The predicted molar refractivity (Wildman–Crippen MR) is 83.8 cm³/mol. The average Bonchev–Trinajstić information content (AvgIpc) is 2.86. The molecule has 0 unspecified atom stereocenters. The second kappa shape index (κ2) is 7.49. The first-order chi connectivity index (χ1) is 11.0. The van der Waals surface area contributed by atoms with Gasteiger partial charge in [-0.2, -0.15) is 0 Å². The van der Waals surface area contributed by atoms with Gasteiger partial charge in [0, 0.05) is 5.69 Å². The first kappa shape index (κ1) is 16.6. The van der Waals surface area contributed by atoms with Crippen LogP contribution in [0.15, 0.2) is 30.3 Å². The molecule has 2 rings (SSSR count). The fourth-order valence-corrected chi connectivity index (χ4v) is 2.25. The zero-order chi connectivity index (χ0) is 16.8. The highest BCUT2D eigenvalue weighted by Crippen LogP contribution is 2.19. The Morgan fingerprint density at radius 1 is 1.04 bits per heavy atom. The van der Waals surface area contributed by atoms with Crippen LogP contribution in [0, 0.1) is 13.8 Å². The van der Waals surface area contributed by atoms with E-state index in [0.717, 1.165) is 0 Å². The molecular formula is C17H19NO5. The summed E-state index contributed by atoms with van der Waals surface area (Å²) in [5, 5.41) is 0. The molecule has 1 aromatic heterocycles. The number of nitrogens with one attached hydrogen (secondary N) is 1. The molecule has 6 nitrogen and oxygen atoms in total. The van der Waals surface area contributed by atoms with E-state index in [2.05, 4.69) is 4.98 Å². The molecule has 1 N–H and O–H groups in total. The van der Waals surface area contributed by atoms with Crippen molar-refractivity contribution in [3.63, 3.8) is 0 Å². The van der Waals surface area contributed by atoms with E-state index in [1.54, 1.807) is 13.8 Å². The summed E-state index contributed by atoms with van der Waals surface area (Å²) >= 11 is 0. The quantitative estimate of drug-likeness (QED) is 0.654. The number of aromatic nitrogens is 1. The maximum Gasteiger partial charge on any atom is 0.355 e. The third-order valence-electron chi connectivity index (χ3n) is 3.36. The van der Waals surface area contributed by atoms with Crippen molar-refractivity contribution in [3.05, 3.63) is 52.8 Å². The molecule has 0 amide bonds. The Hall–Kier alpha value is -2.76. The number of hydrogen-bond donors (Lipinski definition) is 1. The second-order valence-electron chi connectivity index (χ2n) is 4.91. The van der Waals surface area contributed by atoms with Crippen LogP contribution in [0.3, 0.4) is 0 Å². The van der Waals surface area contributed by atoms with Crippen LogP contribution in [-0.4, -0.2) is 37.2 Å². The van der Waals surface area contributed by atoms with Crippen molar-refractivity contribution in [3.8, 4) is 5.75 Å². The second-order valence-corrected chi connectivity index (χ2v) is 4.91. The molecule has 1 heterocycles. The van der Waals surface area contributed by atoms with E-state index < -0.39 is 11.9 Å². The highest BCUT2D eigenvalue weighted by molar-refractivity contribution is 5.98. The Bertz CT molecular complexity index is 691. The Morgan fingerprint density at radius 3 is 2.39 bits per heavy atom. The summed E-state index contributed by atoms with van der Waals surface area (Å²) in [6, 6.07) is 9.26. The van der Waals surface area contributed by atoms with Gasteiger partial charge in [0.2, 0.25) is 0 Å². The minimum absolute atomic E-state index is 0.110. The zero-order valence-corrected chi connectivity index (χ0v) is 13.3. The number of carbonyl (C=O) groups is 2. The number of rotatable bonds is 6. The molecule has 0 saturated heterocycles. The lowest BCUT2D eigenvalue weighted by molar-refractivity contribution is 0.0443. The van der Waals surface area contributed by atoms with Crippen LogP contribution in [0.25, 0.3) is 0 Å². The van der Waals surface area contributed by atoms with E-state index in [1.807, 2.05) is 30.3 Å². The standard InChI is InChI=1S/C17H19NO5/c1-11-14(16(19)21-3)12(2)18-15(11)17(20)23-10-9-22-13-7-5-4-6-8-13/h4-8,18H,9-10H2,1-3H3. The molecule has 6 heteroatoms. The SMILES string of the molecule is COC(=O)c1c(C)[nH]c(C(=O)OCCOc2ccccc2)c1C. The molecule has 23 heavy (non-hydrogen) atoms. The van der Waals surface area contributed by atoms with Crippen molar-refractivity contribution in [2.75, 3.05) is 20.3 Å². The Morgan fingerprint density at radius 2 is 1.74 bits per heavy atom. The number of H-pyrrole nitrogens is 1. The lowest BCUT2D eigenvalue weighted by Gasteiger charge is -2.07. The summed E-state index contributed by atoms with van der Waals surface area (Å²) in [5.41, 5.74) is 1.70. The molecule has 0 radical (unpaired) electrons. The number of ether oxygens (including phenoxy) is 3. The minimum atomic E-state index is -0.530. The first-order valence-corrected chi connectivity index (χ1v) is 7.17. The van der Waals surface area contributed by atoms with Crippen LogP contribution in [0.2, 0.25) is 0 Å². The fraction of sp³-hybridized carbons (Fsp3) is 0.294. The molecule has 1 aromatic carbocycles. The van der Waals surface area contributed by atoms with E-state index in [0.29, 0.717) is 22.6 Å². The minimum Gasteiger partial charge on any atom is -0.490 e. The molecule has 0 saturated carbocycles. The largest absolute Gasteiger partial charge is 0.490 e. The number of benzene rings is 1. The maximum atomic E-state index is 12.1. The van der Waals surface area contributed by atoms with E-state index in [-0.39, 0.29) is 18.9 Å². The molecule has 2 aromatic rings. The highest BCUT2D eigenvalue weighted by atomic mass is 16.6. The van der Waals surface area contributed by atoms with Gasteiger partial charge in [0.05, 0.1) is 12.7 Å². The van der Waals surface area contributed by atoms with Crippen LogP contribution in [0.5, 0.6) is 5.75 Å². The van der Waals surface area contributed by atoms with Crippen LogP contribution in [0.1, 0.15) is 32.1 Å². The van der Waals surface area contributed by atoms with E-state index >= 15 is 0 Å². The van der Waals surface area contributed by atoms with Gasteiger partial charge in [0.25, 0.3) is 0 Å². The number of carbonyl (C=O) groups excluding carboxylic acids is 2. The third kappa shape index (κ3) is 3.91. The Balaban J connectivity index is 1.92. The lowest BCUT2D eigenvalue weighted by Crippen LogP contribution is -2.13. The molecule has 0 bridgehead atoms. The van der Waals surface area contributed by atoms with Gasteiger partial charge in [0.15, 0.2) is 0 Å². The van der Waals surface area contributed by atoms with Crippen molar-refractivity contribution in [1.82, 2.24) is 4.98 Å². The van der Waals surface area contributed by atoms with Gasteiger partial charge >= 0.3 is 11.9 Å². The van der Waals surface area contributed by atoms with Crippen molar-refractivity contribution in [1.29, 1.82) is 0 Å². The van der Waals surface area contributed by atoms with Crippen molar-refractivity contribution in [2.45, 2.75) is 13.8 Å². The molecule has 0 spiro atoms. The predicted octanol–water partition coefficient (Wildman–Crippen LogP) is 2.65. The number of methoxy groups -OCH3 is 1. The maximum absolute atomic E-state index is 12.1. The van der Waals surface area contributed by atoms with Crippen LogP contribution in [-0.2, 0) is 9.47 Å². The molecule has 0 aliphatic heterocycles. The van der Waals surface area contributed by atoms with E-state index in [9.17, 15) is 9.59 Å². The van der Waals surface area contributed by atoms with Gasteiger partial charge in [-0.25, -0.2) is 9.59 Å². The summed E-state index contributed by atoms with van der Waals surface area (Å²) < 4.78 is 15.3. The molecule has 0 aliphatic rings. The number of aromatic amines is 1. The average molecular weight is 317 g/mol. The normalized spacial score (nSPS) is 10.2. The number of para-hydroxylation sites is 1. The number of aryl methyl sites for hydroxylation is 1. The molecule has 122 valence electrons. The summed E-state index contributed by atoms with van der Waals surface area (Å²) in [7, 11) is 1.30. The van der Waals surface area contributed by atoms with Crippen LogP contribution in [0.4, 0.5) is 0 Å². The summed E-state index contributed by atoms with van der Waals surface area (Å²) in [4.78, 5) is 26.7. The van der Waals surface area contributed by atoms with Gasteiger partial charge < -0.3 is 19.2 Å². The van der Waals surface area contributed by atoms with Crippen LogP contribution >= 0.6 is 0 Å². The molecule has 0 fully saturated rings. The fourth-order valence-electron chi connectivity index (χ4n) is 2.25. The summed E-state index contributed by atoms with van der Waals surface area (Å²) in [5.74, 6) is -0.302. The molecule has 0 atom stereocenters. The monoisotopic (exact) mass is 317 g/mol. The highest BCUT2D eigenvalue weighted by Gasteiger charge is 2.23. The van der Waals surface area contributed by atoms with Crippen molar-refractivity contribution in [2.24, 2.45) is 0 Å². The smallest absolute Gasteiger partial charge is 0.355 e. The summed E-state index contributed by atoms with van der Waals surface area (Å²) in [6.07, 6.45) is 0. The first-order valence-electron chi connectivity index (χ1n) is 7.17. The number of esters is 2. The Labute approximate surface area is 134 Å². The number of hydrogen-bond acceptors (Lipinski definition) is 5. The third-order valence-corrected chi connectivity index (χ3v) is 3.36. The van der Waals surface area contributed by atoms with E-state index in [1.165, 1.54) is 7.11 Å². The van der Waals surface area contributed by atoms with Crippen molar-refractivity contribution < 1.29 is 23.8 Å². The molecule has 0 aliphatic carbocycles. The van der Waals surface area contributed by atoms with Crippen molar-refractivity contribution >= 4 is 11.9 Å². The van der Waals surface area contributed by atoms with Gasteiger partial charge in [-0.15, -0.1) is 0 Å². The lowest BCUT2D eigenvalue weighted by atomic mass is 10.1. The van der Waals surface area contributed by atoms with Gasteiger partial charge in [-0.1, -0.05) is 18.2 Å². The molecular weight excluding hydrogens is 298 g/mol. The summed E-state index contributed by atoms with van der Waals surface area (Å²) in [6.45, 7) is 3.73. The zero-order valence-electron chi connectivity index (χ0n) is 13.3. The van der Waals surface area contributed by atoms with Crippen LogP contribution < -0.4 is 4.74 Å². The topological polar surface area (TPSA) is 77.6 Å². The van der Waals surface area contributed by atoms with Gasteiger partial charge in [-0.05, 0) is 31.5 Å². The Kier molecular flexibility index (Phi) is 5.41. The van der Waals surface area contributed by atoms with Gasteiger partial charge in [0.1, 0.15) is 24.7 Å². The van der Waals surface area contributed by atoms with Gasteiger partial charge in [-0.3, -0.25) is 0 Å². The van der Waals surface area contributed by atoms with E-state index in [4.69, 9.17) is 14.2 Å².